The number of H-pyrrole nitrogens is 1. The molecule has 0 atom stereocenters. The molecule has 0 spiro atoms. The van der Waals surface area contributed by atoms with Crippen molar-refractivity contribution in [1.82, 2.24) is 4.98 Å². The van der Waals surface area contributed by atoms with Gasteiger partial charge in [0.15, 0.2) is 5.43 Å². The number of rotatable bonds is 0. The molecule has 0 radical (unpaired) electrons. The summed E-state index contributed by atoms with van der Waals surface area (Å²) in [4.78, 5) is 14.4. The van der Waals surface area contributed by atoms with Gasteiger partial charge in [-0.25, -0.2) is 4.39 Å². The SMILES string of the molecule is Cc1cc(=O)c2c(Br)ccc(F)c2[nH]1. The van der Waals surface area contributed by atoms with Crippen LogP contribution in [0.5, 0.6) is 0 Å². The third-order valence-electron chi connectivity index (χ3n) is 2.02. The standard InChI is InChI=1S/C10H7BrFNO/c1-5-4-8(14)9-6(11)2-3-7(12)10(9)13-5/h2-4H,1H3,(H,13,14). The Kier molecular flexibility index (Phi) is 2.15. The van der Waals surface area contributed by atoms with Gasteiger partial charge in [0.2, 0.25) is 0 Å². The van der Waals surface area contributed by atoms with E-state index < -0.39 is 5.82 Å². The summed E-state index contributed by atoms with van der Waals surface area (Å²) < 4.78 is 13.9. The Balaban J connectivity index is 3.08. The van der Waals surface area contributed by atoms with Gasteiger partial charge < -0.3 is 4.98 Å². The van der Waals surface area contributed by atoms with Crippen LogP contribution in [0.2, 0.25) is 0 Å². The second-order valence-electron chi connectivity index (χ2n) is 3.10. The third-order valence-corrected chi connectivity index (χ3v) is 2.68. The van der Waals surface area contributed by atoms with Crippen LogP contribution in [0, 0.1) is 12.7 Å². The number of aromatic amines is 1. The Bertz CT molecular complexity index is 562. The molecular formula is C10H7BrFNO. The number of fused-ring (bicyclic) bond motifs is 1. The van der Waals surface area contributed by atoms with Gasteiger partial charge >= 0.3 is 0 Å². The normalized spacial score (nSPS) is 10.8. The maximum Gasteiger partial charge on any atom is 0.190 e. The molecule has 0 unspecified atom stereocenters. The molecule has 0 amide bonds. The van der Waals surface area contributed by atoms with Crippen molar-refractivity contribution < 1.29 is 4.39 Å². The summed E-state index contributed by atoms with van der Waals surface area (Å²) in [7, 11) is 0. The van der Waals surface area contributed by atoms with E-state index in [1.807, 2.05) is 0 Å². The van der Waals surface area contributed by atoms with Gasteiger partial charge in [0.1, 0.15) is 5.82 Å². The van der Waals surface area contributed by atoms with Crippen molar-refractivity contribution >= 4 is 26.8 Å². The van der Waals surface area contributed by atoms with Crippen LogP contribution in [0.3, 0.4) is 0 Å². The molecule has 0 bridgehead atoms. The zero-order chi connectivity index (χ0) is 10.3. The summed E-state index contributed by atoms with van der Waals surface area (Å²) in [5, 5.41) is 0.357. The molecule has 2 nitrogen and oxygen atoms in total. The summed E-state index contributed by atoms with van der Waals surface area (Å²) in [5.41, 5.74) is 0.728. The molecule has 0 aliphatic rings. The van der Waals surface area contributed by atoms with Crippen LogP contribution < -0.4 is 5.43 Å². The number of hydrogen-bond acceptors (Lipinski definition) is 1. The smallest absolute Gasteiger partial charge is 0.190 e. The summed E-state index contributed by atoms with van der Waals surface area (Å²) in [6.45, 7) is 1.72. The highest BCUT2D eigenvalue weighted by Crippen LogP contribution is 2.21. The van der Waals surface area contributed by atoms with E-state index >= 15 is 0 Å². The lowest BCUT2D eigenvalue weighted by Gasteiger charge is -2.02. The largest absolute Gasteiger partial charge is 0.356 e. The zero-order valence-electron chi connectivity index (χ0n) is 7.40. The average molecular weight is 256 g/mol. The van der Waals surface area contributed by atoms with Crippen LogP contribution in [0.1, 0.15) is 5.69 Å². The lowest BCUT2D eigenvalue weighted by atomic mass is 10.2. The van der Waals surface area contributed by atoms with E-state index in [0.29, 0.717) is 15.6 Å². The monoisotopic (exact) mass is 255 g/mol. The lowest BCUT2D eigenvalue weighted by Crippen LogP contribution is -2.04. The van der Waals surface area contributed by atoms with Crippen LogP contribution in [-0.2, 0) is 0 Å². The second kappa shape index (κ2) is 3.20. The Morgan fingerprint density at radius 2 is 2.14 bits per heavy atom. The molecule has 0 fully saturated rings. The highest BCUT2D eigenvalue weighted by molar-refractivity contribution is 9.10. The van der Waals surface area contributed by atoms with Gasteiger partial charge in [-0.2, -0.15) is 0 Å². The molecule has 1 heterocycles. The molecule has 0 saturated heterocycles. The van der Waals surface area contributed by atoms with Crippen molar-refractivity contribution in [3.05, 3.63) is 44.4 Å². The number of hydrogen-bond donors (Lipinski definition) is 1. The van der Waals surface area contributed by atoms with Crippen molar-refractivity contribution in [1.29, 1.82) is 0 Å². The van der Waals surface area contributed by atoms with Crippen LogP contribution in [-0.4, -0.2) is 4.98 Å². The highest BCUT2D eigenvalue weighted by atomic mass is 79.9. The Hall–Kier alpha value is -1.16. The number of aromatic nitrogens is 1. The molecule has 2 rings (SSSR count). The van der Waals surface area contributed by atoms with Crippen molar-refractivity contribution in [3.8, 4) is 0 Å². The predicted molar refractivity (Wildman–Crippen MR) is 57.0 cm³/mol. The van der Waals surface area contributed by atoms with Crippen LogP contribution in [0.25, 0.3) is 10.9 Å². The summed E-state index contributed by atoms with van der Waals surface area (Å²) >= 11 is 3.22. The van der Waals surface area contributed by atoms with Gasteiger partial charge in [-0.05, 0) is 35.0 Å². The minimum atomic E-state index is -0.413. The zero-order valence-corrected chi connectivity index (χ0v) is 8.98. The number of aryl methyl sites for hydroxylation is 1. The van der Waals surface area contributed by atoms with E-state index in [0.717, 1.165) is 0 Å². The summed E-state index contributed by atoms with van der Waals surface area (Å²) in [6.07, 6.45) is 0. The fourth-order valence-electron chi connectivity index (χ4n) is 1.42. The van der Waals surface area contributed by atoms with Gasteiger partial charge in [0, 0.05) is 16.2 Å². The van der Waals surface area contributed by atoms with Crippen molar-refractivity contribution in [2.24, 2.45) is 0 Å². The molecule has 1 N–H and O–H groups in total. The van der Waals surface area contributed by atoms with Crippen LogP contribution in [0.4, 0.5) is 4.39 Å². The fraction of sp³-hybridized carbons (Fsp3) is 0.100. The highest BCUT2D eigenvalue weighted by Gasteiger charge is 2.08. The number of nitrogens with one attached hydrogen (secondary N) is 1. The second-order valence-corrected chi connectivity index (χ2v) is 3.95. The minimum Gasteiger partial charge on any atom is -0.356 e. The Morgan fingerprint density at radius 3 is 2.86 bits per heavy atom. The predicted octanol–water partition coefficient (Wildman–Crippen LogP) is 2.74. The third kappa shape index (κ3) is 1.35. The molecule has 4 heteroatoms. The Morgan fingerprint density at radius 1 is 1.43 bits per heavy atom. The minimum absolute atomic E-state index is 0.178. The van der Waals surface area contributed by atoms with Gasteiger partial charge in [0.25, 0.3) is 0 Å². The topological polar surface area (TPSA) is 32.9 Å². The van der Waals surface area contributed by atoms with Gasteiger partial charge in [-0.3, -0.25) is 4.79 Å². The maximum absolute atomic E-state index is 13.3. The van der Waals surface area contributed by atoms with Crippen molar-refractivity contribution in [3.63, 3.8) is 0 Å². The van der Waals surface area contributed by atoms with E-state index in [1.165, 1.54) is 18.2 Å². The quantitative estimate of drug-likeness (QED) is 0.772. The average Bonchev–Trinajstić information content (AvgIpc) is 2.10. The first-order valence-corrected chi connectivity index (χ1v) is 4.86. The molecule has 1 aromatic heterocycles. The van der Waals surface area contributed by atoms with Crippen molar-refractivity contribution in [2.75, 3.05) is 0 Å². The van der Waals surface area contributed by atoms with Crippen LogP contribution in [0.15, 0.2) is 27.5 Å². The molecular weight excluding hydrogens is 249 g/mol. The summed E-state index contributed by atoms with van der Waals surface area (Å²) in [5.74, 6) is -0.413. The number of halogens is 2. The number of pyridine rings is 1. The molecule has 2 aromatic rings. The molecule has 0 aliphatic heterocycles. The lowest BCUT2D eigenvalue weighted by molar-refractivity contribution is 0.636. The van der Waals surface area contributed by atoms with Crippen molar-refractivity contribution in [2.45, 2.75) is 6.92 Å². The van der Waals surface area contributed by atoms with E-state index in [2.05, 4.69) is 20.9 Å². The van der Waals surface area contributed by atoms with Gasteiger partial charge in [-0.15, -0.1) is 0 Å². The fourth-order valence-corrected chi connectivity index (χ4v) is 1.94. The molecule has 0 aliphatic carbocycles. The molecule has 0 saturated carbocycles. The molecule has 72 valence electrons. The first kappa shape index (κ1) is 9.40. The van der Waals surface area contributed by atoms with E-state index in [4.69, 9.17) is 0 Å². The molecule has 1 aromatic carbocycles. The van der Waals surface area contributed by atoms with Gasteiger partial charge in [-0.1, -0.05) is 0 Å². The number of benzene rings is 1. The first-order chi connectivity index (χ1) is 6.59. The van der Waals surface area contributed by atoms with E-state index in [-0.39, 0.29) is 10.9 Å². The van der Waals surface area contributed by atoms with E-state index in [9.17, 15) is 9.18 Å². The van der Waals surface area contributed by atoms with Gasteiger partial charge in [0.05, 0.1) is 10.9 Å². The van der Waals surface area contributed by atoms with Crippen LogP contribution >= 0.6 is 15.9 Å². The van der Waals surface area contributed by atoms with E-state index in [1.54, 1.807) is 6.92 Å². The molecule has 14 heavy (non-hydrogen) atoms. The maximum atomic E-state index is 13.3. The first-order valence-electron chi connectivity index (χ1n) is 4.07. The summed E-state index contributed by atoms with van der Waals surface area (Å²) in [6, 6.07) is 4.30. The Labute approximate surface area is 87.9 Å².